The molecule has 0 unspecified atom stereocenters. The second-order valence-corrected chi connectivity index (χ2v) is 5.32. The molecule has 0 aliphatic heterocycles. The first-order valence-corrected chi connectivity index (χ1v) is 7.28. The van der Waals surface area contributed by atoms with Crippen LogP contribution >= 0.6 is 0 Å². The van der Waals surface area contributed by atoms with Crippen molar-refractivity contribution >= 4 is 5.96 Å². The summed E-state index contributed by atoms with van der Waals surface area (Å²) in [4.78, 5) is 4.30. The van der Waals surface area contributed by atoms with E-state index >= 15 is 0 Å². The molecule has 4 nitrogen and oxygen atoms in total. The van der Waals surface area contributed by atoms with Crippen LogP contribution in [0.2, 0.25) is 0 Å². The lowest BCUT2D eigenvalue weighted by atomic mass is 10.2. The fourth-order valence-electron chi connectivity index (χ4n) is 1.96. The van der Waals surface area contributed by atoms with E-state index < -0.39 is 0 Å². The number of hydrogen-bond acceptors (Lipinski definition) is 2. The number of ether oxygens (including phenoxy) is 1. The molecule has 2 aromatic carbocycles. The topological polar surface area (TPSA) is 59.6 Å². The Morgan fingerprint density at radius 1 is 1.09 bits per heavy atom. The fraction of sp³-hybridized carbons (Fsp3) is 0.235. The number of nitrogens with zero attached hydrogens (tertiary/aromatic N) is 1. The van der Waals surface area contributed by atoms with Gasteiger partial charge in [0, 0.05) is 6.04 Å². The van der Waals surface area contributed by atoms with Crippen molar-refractivity contribution in [2.24, 2.45) is 10.7 Å². The van der Waals surface area contributed by atoms with Crippen molar-refractivity contribution in [3.05, 3.63) is 59.9 Å². The highest BCUT2D eigenvalue weighted by Crippen LogP contribution is 2.22. The molecule has 5 heteroatoms. The van der Waals surface area contributed by atoms with Crippen LogP contribution in [0.25, 0.3) is 0 Å². The predicted octanol–water partition coefficient (Wildman–Crippen LogP) is 3.18. The molecule has 0 saturated heterocycles. The fourth-order valence-corrected chi connectivity index (χ4v) is 1.96. The summed E-state index contributed by atoms with van der Waals surface area (Å²) in [6, 6.07) is 14.0. The largest absolute Gasteiger partial charge is 0.457 e. The van der Waals surface area contributed by atoms with Crippen molar-refractivity contribution in [1.82, 2.24) is 5.32 Å². The van der Waals surface area contributed by atoms with Crippen LogP contribution in [0, 0.1) is 5.82 Å². The van der Waals surface area contributed by atoms with E-state index in [4.69, 9.17) is 10.5 Å². The number of nitrogens with two attached hydrogens (primary N) is 1. The standard InChI is InChI=1S/C17H18FN3O/c18-13-3-9-16(10-4-13)22-15-7-1-12(2-8-15)11-20-17(19)21-14-5-6-14/h1-4,7-10,14H,5-6,11H2,(H3,19,20,21). The molecule has 0 heterocycles. The Balaban J connectivity index is 1.56. The molecule has 1 fully saturated rings. The third kappa shape index (κ3) is 4.22. The van der Waals surface area contributed by atoms with Gasteiger partial charge in [-0.25, -0.2) is 9.38 Å². The van der Waals surface area contributed by atoms with E-state index in [9.17, 15) is 4.39 Å². The minimum Gasteiger partial charge on any atom is -0.457 e. The summed E-state index contributed by atoms with van der Waals surface area (Å²) in [5, 5.41) is 3.15. The maximum absolute atomic E-state index is 12.8. The highest BCUT2D eigenvalue weighted by atomic mass is 19.1. The molecule has 1 aliphatic rings. The predicted molar refractivity (Wildman–Crippen MR) is 84.4 cm³/mol. The van der Waals surface area contributed by atoms with Crippen LogP contribution in [-0.2, 0) is 6.54 Å². The second-order valence-electron chi connectivity index (χ2n) is 5.32. The smallest absolute Gasteiger partial charge is 0.189 e. The SMILES string of the molecule is NC(=NCc1ccc(Oc2ccc(F)cc2)cc1)NC1CC1. The lowest BCUT2D eigenvalue weighted by molar-refractivity contribution is 0.480. The molecule has 0 bridgehead atoms. The van der Waals surface area contributed by atoms with Gasteiger partial charge < -0.3 is 15.8 Å². The molecule has 0 aromatic heterocycles. The monoisotopic (exact) mass is 299 g/mol. The van der Waals surface area contributed by atoms with Crippen molar-refractivity contribution in [1.29, 1.82) is 0 Å². The maximum atomic E-state index is 12.8. The quantitative estimate of drug-likeness (QED) is 0.658. The van der Waals surface area contributed by atoms with E-state index in [0.717, 1.165) is 5.56 Å². The van der Waals surface area contributed by atoms with Crippen molar-refractivity contribution < 1.29 is 9.13 Å². The Morgan fingerprint density at radius 2 is 1.68 bits per heavy atom. The zero-order valence-corrected chi connectivity index (χ0v) is 12.1. The number of halogens is 1. The third-order valence-corrected chi connectivity index (χ3v) is 3.33. The van der Waals surface area contributed by atoms with Crippen LogP contribution in [0.3, 0.4) is 0 Å². The normalized spacial score (nSPS) is 14.7. The summed E-state index contributed by atoms with van der Waals surface area (Å²) in [7, 11) is 0. The highest BCUT2D eigenvalue weighted by Gasteiger charge is 2.21. The molecule has 22 heavy (non-hydrogen) atoms. The van der Waals surface area contributed by atoms with E-state index in [0.29, 0.717) is 30.0 Å². The first-order chi connectivity index (χ1) is 10.7. The first-order valence-electron chi connectivity index (χ1n) is 7.28. The van der Waals surface area contributed by atoms with Crippen LogP contribution < -0.4 is 15.8 Å². The van der Waals surface area contributed by atoms with Crippen LogP contribution in [0.5, 0.6) is 11.5 Å². The summed E-state index contributed by atoms with van der Waals surface area (Å²) in [5.41, 5.74) is 6.84. The van der Waals surface area contributed by atoms with Gasteiger partial charge in [0.05, 0.1) is 6.54 Å². The van der Waals surface area contributed by atoms with E-state index in [2.05, 4.69) is 10.3 Å². The van der Waals surface area contributed by atoms with E-state index in [1.807, 2.05) is 24.3 Å². The van der Waals surface area contributed by atoms with Gasteiger partial charge >= 0.3 is 0 Å². The summed E-state index contributed by atoms with van der Waals surface area (Å²) in [6.45, 7) is 0.530. The van der Waals surface area contributed by atoms with E-state index in [-0.39, 0.29) is 5.82 Å². The Kier molecular flexibility index (Phi) is 4.23. The molecule has 0 spiro atoms. The van der Waals surface area contributed by atoms with E-state index in [1.165, 1.54) is 25.0 Å². The van der Waals surface area contributed by atoms with Gasteiger partial charge in [0.1, 0.15) is 17.3 Å². The number of nitrogens with one attached hydrogen (secondary N) is 1. The number of benzene rings is 2. The molecule has 1 aliphatic carbocycles. The minimum atomic E-state index is -0.280. The van der Waals surface area contributed by atoms with Crippen LogP contribution in [0.15, 0.2) is 53.5 Å². The Labute approximate surface area is 128 Å². The maximum Gasteiger partial charge on any atom is 0.189 e. The van der Waals surface area contributed by atoms with Crippen LogP contribution in [0.4, 0.5) is 4.39 Å². The Morgan fingerprint density at radius 3 is 2.27 bits per heavy atom. The lowest BCUT2D eigenvalue weighted by Crippen LogP contribution is -2.33. The van der Waals surface area contributed by atoms with Gasteiger partial charge in [-0.05, 0) is 54.8 Å². The summed E-state index contributed by atoms with van der Waals surface area (Å²) in [6.07, 6.45) is 2.34. The summed E-state index contributed by atoms with van der Waals surface area (Å²) in [5.74, 6) is 1.51. The molecule has 3 rings (SSSR count). The van der Waals surface area contributed by atoms with Crippen molar-refractivity contribution in [3.8, 4) is 11.5 Å². The molecule has 114 valence electrons. The number of hydrogen-bond donors (Lipinski definition) is 2. The molecular formula is C17H18FN3O. The highest BCUT2D eigenvalue weighted by molar-refractivity contribution is 5.78. The lowest BCUT2D eigenvalue weighted by Gasteiger charge is -2.06. The number of rotatable bonds is 5. The Hall–Kier alpha value is -2.56. The Bertz CT molecular complexity index is 649. The van der Waals surface area contributed by atoms with Gasteiger partial charge in [-0.3, -0.25) is 0 Å². The van der Waals surface area contributed by atoms with Gasteiger partial charge in [0.2, 0.25) is 0 Å². The molecule has 2 aromatic rings. The molecule has 0 radical (unpaired) electrons. The molecule has 3 N–H and O–H groups in total. The van der Waals surface area contributed by atoms with Crippen LogP contribution in [0.1, 0.15) is 18.4 Å². The first kappa shape index (κ1) is 14.4. The number of aliphatic imine (C=N–C) groups is 1. The number of guanidine groups is 1. The molecule has 0 amide bonds. The van der Waals surface area contributed by atoms with Crippen molar-refractivity contribution in [2.45, 2.75) is 25.4 Å². The second kappa shape index (κ2) is 6.47. The summed E-state index contributed by atoms with van der Waals surface area (Å²) >= 11 is 0. The van der Waals surface area contributed by atoms with Crippen molar-refractivity contribution in [2.75, 3.05) is 0 Å². The van der Waals surface area contributed by atoms with Crippen molar-refractivity contribution in [3.63, 3.8) is 0 Å². The minimum absolute atomic E-state index is 0.280. The average Bonchev–Trinajstić information content (AvgIpc) is 3.33. The summed E-state index contributed by atoms with van der Waals surface area (Å²) < 4.78 is 18.5. The zero-order chi connectivity index (χ0) is 15.4. The van der Waals surface area contributed by atoms with E-state index in [1.54, 1.807) is 12.1 Å². The third-order valence-electron chi connectivity index (χ3n) is 3.33. The van der Waals surface area contributed by atoms with Gasteiger partial charge in [0.15, 0.2) is 5.96 Å². The molecular weight excluding hydrogens is 281 g/mol. The zero-order valence-electron chi connectivity index (χ0n) is 12.1. The molecule has 0 atom stereocenters. The van der Waals surface area contributed by atoms with Gasteiger partial charge in [-0.15, -0.1) is 0 Å². The van der Waals surface area contributed by atoms with Gasteiger partial charge in [-0.1, -0.05) is 12.1 Å². The average molecular weight is 299 g/mol. The van der Waals surface area contributed by atoms with Gasteiger partial charge in [-0.2, -0.15) is 0 Å². The molecule has 1 saturated carbocycles. The van der Waals surface area contributed by atoms with Gasteiger partial charge in [0.25, 0.3) is 0 Å². The van der Waals surface area contributed by atoms with Crippen LogP contribution in [-0.4, -0.2) is 12.0 Å².